The van der Waals surface area contributed by atoms with Gasteiger partial charge in [-0.15, -0.1) is 0 Å². The van der Waals surface area contributed by atoms with Crippen molar-refractivity contribution < 1.29 is 36.6 Å². The van der Waals surface area contributed by atoms with E-state index >= 15 is 0 Å². The summed E-state index contributed by atoms with van der Waals surface area (Å²) in [6.07, 6.45) is 9.11. The summed E-state index contributed by atoms with van der Waals surface area (Å²) in [5.74, 6) is -1.35. The van der Waals surface area contributed by atoms with Crippen molar-refractivity contribution in [1.82, 2.24) is 0 Å². The number of aliphatic carboxylic acids is 2. The first-order valence-corrected chi connectivity index (χ1v) is 9.27. The number of hydrogen-bond acceptors (Lipinski definition) is 2. The van der Waals surface area contributed by atoms with Crippen LogP contribution in [0.3, 0.4) is 0 Å². The molecule has 0 bridgehead atoms. The standard InChI is InChI=1S/C11H22O2.C9H18O2.Co/c1-11(2,3)9-7-5-4-6-8-10(12)13;1-9(2,3)7-5-4-6-8(10)11;/h4-9H2,1-3H3,(H,12,13);4-7H2,1-3H3,(H,10,11);. The van der Waals surface area contributed by atoms with E-state index in [-0.39, 0.29) is 16.8 Å². The van der Waals surface area contributed by atoms with Gasteiger partial charge in [-0.3, -0.25) is 9.59 Å². The van der Waals surface area contributed by atoms with Crippen molar-refractivity contribution in [1.29, 1.82) is 0 Å². The Hall–Kier alpha value is -0.554. The van der Waals surface area contributed by atoms with Crippen LogP contribution in [0.15, 0.2) is 0 Å². The number of unbranched alkanes of at least 4 members (excludes halogenated alkanes) is 4. The van der Waals surface area contributed by atoms with Crippen LogP contribution in [0.1, 0.15) is 106 Å². The quantitative estimate of drug-likeness (QED) is 0.430. The summed E-state index contributed by atoms with van der Waals surface area (Å²) in [5.41, 5.74) is 0.769. The van der Waals surface area contributed by atoms with Crippen molar-refractivity contribution in [3.05, 3.63) is 0 Å². The van der Waals surface area contributed by atoms with E-state index in [1.807, 2.05) is 0 Å². The third kappa shape index (κ3) is 35.4. The fourth-order valence-electron chi connectivity index (χ4n) is 2.22. The molecule has 0 aliphatic carbocycles. The first-order chi connectivity index (χ1) is 10.8. The summed E-state index contributed by atoms with van der Waals surface area (Å²) in [6.45, 7) is 13.2. The molecular weight excluding hydrogens is 363 g/mol. The van der Waals surface area contributed by atoms with Gasteiger partial charge in [-0.25, -0.2) is 0 Å². The number of carboxylic acid groups (broad SMARTS) is 2. The first kappa shape index (κ1) is 29.2. The Morgan fingerprint density at radius 3 is 1.20 bits per heavy atom. The maximum atomic E-state index is 10.2. The van der Waals surface area contributed by atoms with Gasteiger partial charge in [-0.05, 0) is 36.5 Å². The van der Waals surface area contributed by atoms with E-state index in [1.165, 1.54) is 19.3 Å². The van der Waals surface area contributed by atoms with E-state index in [0.717, 1.165) is 32.1 Å². The first-order valence-electron chi connectivity index (χ1n) is 9.27. The molecule has 0 aromatic rings. The molecule has 0 heterocycles. The molecule has 0 spiro atoms. The van der Waals surface area contributed by atoms with Crippen LogP contribution in [-0.4, -0.2) is 22.2 Å². The number of rotatable bonds is 10. The summed E-state index contributed by atoms with van der Waals surface area (Å²) in [7, 11) is 0. The smallest absolute Gasteiger partial charge is 0.303 e. The van der Waals surface area contributed by atoms with Crippen molar-refractivity contribution >= 4 is 11.9 Å². The monoisotopic (exact) mass is 403 g/mol. The van der Waals surface area contributed by atoms with Crippen LogP contribution in [0.5, 0.6) is 0 Å². The van der Waals surface area contributed by atoms with Gasteiger partial charge in [-0.1, -0.05) is 67.2 Å². The molecule has 2 N–H and O–H groups in total. The number of hydrogen-bond donors (Lipinski definition) is 2. The fraction of sp³-hybridized carbons (Fsp3) is 0.900. The van der Waals surface area contributed by atoms with E-state index in [2.05, 4.69) is 41.5 Å². The van der Waals surface area contributed by atoms with E-state index in [9.17, 15) is 9.59 Å². The molecule has 0 aliphatic rings. The van der Waals surface area contributed by atoms with Crippen LogP contribution in [-0.2, 0) is 26.4 Å². The maximum Gasteiger partial charge on any atom is 0.303 e. The summed E-state index contributed by atoms with van der Waals surface area (Å²) in [4.78, 5) is 20.3. The summed E-state index contributed by atoms with van der Waals surface area (Å²) >= 11 is 0. The Labute approximate surface area is 165 Å². The minimum Gasteiger partial charge on any atom is -0.481 e. The Bertz CT molecular complexity index is 341. The molecule has 0 atom stereocenters. The molecular formula is C20H40CoO4. The third-order valence-corrected chi connectivity index (χ3v) is 3.63. The van der Waals surface area contributed by atoms with Crippen LogP contribution in [0.2, 0.25) is 0 Å². The Morgan fingerprint density at radius 1 is 0.600 bits per heavy atom. The zero-order valence-corrected chi connectivity index (χ0v) is 18.2. The van der Waals surface area contributed by atoms with Crippen molar-refractivity contribution in [3.63, 3.8) is 0 Å². The average Bonchev–Trinajstić information content (AvgIpc) is 2.37. The molecule has 0 saturated carbocycles. The minimum absolute atomic E-state index is 0. The minimum atomic E-state index is -0.682. The molecule has 1 radical (unpaired) electrons. The van der Waals surface area contributed by atoms with Gasteiger partial charge in [0.05, 0.1) is 0 Å². The Kier molecular flexibility index (Phi) is 18.3. The van der Waals surface area contributed by atoms with Crippen molar-refractivity contribution in [2.24, 2.45) is 10.8 Å². The van der Waals surface area contributed by atoms with Gasteiger partial charge in [0, 0.05) is 29.6 Å². The van der Waals surface area contributed by atoms with Crippen LogP contribution in [0.4, 0.5) is 0 Å². The topological polar surface area (TPSA) is 74.6 Å². The van der Waals surface area contributed by atoms with Crippen LogP contribution >= 0.6 is 0 Å². The molecule has 0 fully saturated rings. The van der Waals surface area contributed by atoms with Gasteiger partial charge in [0.1, 0.15) is 0 Å². The molecule has 4 nitrogen and oxygen atoms in total. The van der Waals surface area contributed by atoms with Gasteiger partial charge < -0.3 is 10.2 Å². The summed E-state index contributed by atoms with van der Waals surface area (Å²) in [6, 6.07) is 0. The van der Waals surface area contributed by atoms with Gasteiger partial charge in [0.2, 0.25) is 0 Å². The predicted octanol–water partition coefficient (Wildman–Crippen LogP) is 6.13. The van der Waals surface area contributed by atoms with E-state index < -0.39 is 11.9 Å². The molecule has 0 amide bonds. The predicted molar refractivity (Wildman–Crippen MR) is 100 cm³/mol. The van der Waals surface area contributed by atoms with Gasteiger partial charge in [0.25, 0.3) is 0 Å². The second kappa shape index (κ2) is 15.7. The second-order valence-corrected chi connectivity index (χ2v) is 9.03. The molecule has 153 valence electrons. The molecule has 0 saturated heterocycles. The Morgan fingerprint density at radius 2 is 0.880 bits per heavy atom. The second-order valence-electron chi connectivity index (χ2n) is 9.03. The molecule has 0 aliphatic heterocycles. The SMILES string of the molecule is CC(C)(C)CCCCC(=O)O.CC(C)(C)CCCCCCC(=O)O.[Co]. The maximum absolute atomic E-state index is 10.2. The Balaban J connectivity index is -0.000000377. The van der Waals surface area contributed by atoms with Gasteiger partial charge >= 0.3 is 11.9 Å². The third-order valence-electron chi connectivity index (χ3n) is 3.63. The van der Waals surface area contributed by atoms with Crippen molar-refractivity contribution in [3.8, 4) is 0 Å². The molecule has 25 heavy (non-hydrogen) atoms. The normalized spacial score (nSPS) is 11.1. The zero-order valence-electron chi connectivity index (χ0n) is 17.1. The molecule has 0 rings (SSSR count). The molecule has 0 unspecified atom stereocenters. The van der Waals surface area contributed by atoms with Crippen LogP contribution < -0.4 is 0 Å². The summed E-state index contributed by atoms with van der Waals surface area (Å²) < 4.78 is 0. The van der Waals surface area contributed by atoms with E-state index in [4.69, 9.17) is 10.2 Å². The van der Waals surface area contributed by atoms with Crippen LogP contribution in [0.25, 0.3) is 0 Å². The number of carbonyl (C=O) groups is 2. The zero-order chi connectivity index (χ0) is 19.2. The largest absolute Gasteiger partial charge is 0.481 e. The van der Waals surface area contributed by atoms with Gasteiger partial charge in [-0.2, -0.15) is 0 Å². The fourth-order valence-corrected chi connectivity index (χ4v) is 2.22. The number of carboxylic acids is 2. The summed E-state index contributed by atoms with van der Waals surface area (Å²) in [5, 5.41) is 16.7. The van der Waals surface area contributed by atoms with Crippen molar-refractivity contribution in [2.45, 2.75) is 106 Å². The van der Waals surface area contributed by atoms with Crippen molar-refractivity contribution in [2.75, 3.05) is 0 Å². The van der Waals surface area contributed by atoms with E-state index in [1.54, 1.807) is 0 Å². The average molecular weight is 403 g/mol. The molecule has 0 aromatic carbocycles. The van der Waals surface area contributed by atoms with Gasteiger partial charge in [0.15, 0.2) is 0 Å². The van der Waals surface area contributed by atoms with E-state index in [0.29, 0.717) is 23.7 Å². The van der Waals surface area contributed by atoms with Crippen LogP contribution in [0, 0.1) is 10.8 Å². The molecule has 5 heteroatoms. The molecule has 0 aromatic heterocycles.